The molecule has 0 bridgehead atoms. The van der Waals surface area contributed by atoms with Gasteiger partial charge < -0.3 is 20.2 Å². The average molecular weight is 560 g/mol. The van der Waals surface area contributed by atoms with Crippen LogP contribution in [0.4, 0.5) is 18.9 Å². The zero-order chi connectivity index (χ0) is 22.3. The van der Waals surface area contributed by atoms with Crippen molar-refractivity contribution in [1.29, 1.82) is 0 Å². The van der Waals surface area contributed by atoms with Crippen molar-refractivity contribution < 1.29 is 22.3 Å². The van der Waals surface area contributed by atoms with Crippen molar-refractivity contribution in [2.24, 2.45) is 10.7 Å². The number of hydrogen-bond acceptors (Lipinski definition) is 4. The van der Waals surface area contributed by atoms with Crippen molar-refractivity contribution in [1.82, 2.24) is 4.90 Å². The van der Waals surface area contributed by atoms with Gasteiger partial charge >= 0.3 is 6.36 Å². The van der Waals surface area contributed by atoms with E-state index in [-0.39, 0.29) is 47.9 Å². The van der Waals surface area contributed by atoms with Gasteiger partial charge in [0.25, 0.3) is 0 Å². The Morgan fingerprint density at radius 2 is 1.72 bits per heavy atom. The molecule has 0 saturated heterocycles. The molecule has 0 aliphatic rings. The first-order valence-electron chi connectivity index (χ1n) is 9.49. The fourth-order valence-electron chi connectivity index (χ4n) is 3.01. The first kappa shape index (κ1) is 25.5. The summed E-state index contributed by atoms with van der Waals surface area (Å²) < 4.78 is 47.1. The molecule has 0 aliphatic heterocycles. The number of furan rings is 1. The monoisotopic (exact) mass is 560 g/mol. The molecular formula is C22H24F3IN4O2. The molecule has 0 aliphatic carbocycles. The van der Waals surface area contributed by atoms with Crippen LogP contribution in [0.15, 0.2) is 76.3 Å². The summed E-state index contributed by atoms with van der Waals surface area (Å²) in [5, 5.41) is 2.67. The Balaban J connectivity index is 0.00000363. The molecule has 6 nitrogen and oxygen atoms in total. The molecular weight excluding hydrogens is 536 g/mol. The van der Waals surface area contributed by atoms with E-state index in [1.807, 2.05) is 43.4 Å². The Morgan fingerprint density at radius 1 is 1.03 bits per heavy atom. The number of halogens is 4. The van der Waals surface area contributed by atoms with Crippen LogP contribution < -0.4 is 15.8 Å². The molecule has 0 atom stereocenters. The second-order valence-corrected chi connectivity index (χ2v) is 6.89. The van der Waals surface area contributed by atoms with Gasteiger partial charge in [-0.3, -0.25) is 4.90 Å². The van der Waals surface area contributed by atoms with Gasteiger partial charge in [0.2, 0.25) is 0 Å². The number of nitrogens with zero attached hydrogens (tertiary/aromatic N) is 2. The molecule has 0 fully saturated rings. The molecule has 3 rings (SSSR count). The maximum Gasteiger partial charge on any atom is 0.573 e. The van der Waals surface area contributed by atoms with Gasteiger partial charge in [0.15, 0.2) is 11.7 Å². The van der Waals surface area contributed by atoms with E-state index in [4.69, 9.17) is 10.2 Å². The fraction of sp³-hybridized carbons (Fsp3) is 0.227. The number of guanidine groups is 1. The van der Waals surface area contributed by atoms with Crippen LogP contribution >= 0.6 is 24.0 Å². The van der Waals surface area contributed by atoms with Gasteiger partial charge in [-0.2, -0.15) is 0 Å². The quantitative estimate of drug-likeness (QED) is 0.221. The van der Waals surface area contributed by atoms with Crippen molar-refractivity contribution >= 4 is 35.6 Å². The largest absolute Gasteiger partial charge is 0.573 e. The minimum atomic E-state index is -4.80. The third-order valence-corrected chi connectivity index (χ3v) is 4.36. The van der Waals surface area contributed by atoms with Crippen molar-refractivity contribution in [3.63, 3.8) is 0 Å². The number of aliphatic imine (C=N–C) groups is 1. The van der Waals surface area contributed by atoms with Crippen LogP contribution in [-0.2, 0) is 19.6 Å². The summed E-state index contributed by atoms with van der Waals surface area (Å²) >= 11 is 0. The number of rotatable bonds is 8. The normalized spacial score (nSPS) is 11.8. The standard InChI is InChI=1S/C22H23F3N4O2.HI/c1-29(15-18-9-6-12-30-18)14-17-8-3-2-7-16(17)13-27-21(26)28-19-10-4-5-11-20(19)31-22(23,24)25;/h2-12H,13-15H2,1H3,(H3,26,27,28);1H. The van der Waals surface area contributed by atoms with Crippen LogP contribution in [0.25, 0.3) is 0 Å². The molecule has 3 aromatic rings. The Morgan fingerprint density at radius 3 is 2.41 bits per heavy atom. The zero-order valence-electron chi connectivity index (χ0n) is 17.3. The highest BCUT2D eigenvalue weighted by atomic mass is 127. The lowest BCUT2D eigenvalue weighted by Crippen LogP contribution is -2.24. The highest BCUT2D eigenvalue weighted by Crippen LogP contribution is 2.29. The number of anilines is 1. The summed E-state index contributed by atoms with van der Waals surface area (Å²) in [6, 6.07) is 17.2. The van der Waals surface area contributed by atoms with Crippen molar-refractivity contribution in [2.75, 3.05) is 12.4 Å². The van der Waals surface area contributed by atoms with E-state index in [0.717, 1.165) is 16.9 Å². The number of hydrogen-bond donors (Lipinski definition) is 2. The highest BCUT2D eigenvalue weighted by molar-refractivity contribution is 14.0. The molecule has 0 amide bonds. The lowest BCUT2D eigenvalue weighted by molar-refractivity contribution is -0.274. The van der Waals surface area contributed by atoms with Crippen LogP contribution in [0.1, 0.15) is 16.9 Å². The molecule has 0 unspecified atom stereocenters. The van der Waals surface area contributed by atoms with Crippen molar-refractivity contribution in [2.45, 2.75) is 26.0 Å². The van der Waals surface area contributed by atoms with E-state index in [2.05, 4.69) is 19.9 Å². The van der Waals surface area contributed by atoms with E-state index < -0.39 is 6.36 Å². The summed E-state index contributed by atoms with van der Waals surface area (Å²) in [5.74, 6) is 0.469. The highest BCUT2D eigenvalue weighted by Gasteiger charge is 2.32. The second-order valence-electron chi connectivity index (χ2n) is 6.89. The zero-order valence-corrected chi connectivity index (χ0v) is 19.6. The van der Waals surface area contributed by atoms with Gasteiger partial charge in [-0.1, -0.05) is 36.4 Å². The van der Waals surface area contributed by atoms with Crippen LogP contribution in [0.3, 0.4) is 0 Å². The number of nitrogens with one attached hydrogen (secondary N) is 1. The predicted octanol–water partition coefficient (Wildman–Crippen LogP) is 5.36. The van der Waals surface area contributed by atoms with Crippen molar-refractivity contribution in [3.8, 4) is 5.75 Å². The van der Waals surface area contributed by atoms with Gasteiger partial charge in [0, 0.05) is 6.54 Å². The SMILES string of the molecule is CN(Cc1ccco1)Cc1ccccc1CN=C(N)Nc1ccccc1OC(F)(F)F.I. The van der Waals surface area contributed by atoms with Crippen LogP contribution in [-0.4, -0.2) is 24.3 Å². The Labute approximate surface area is 201 Å². The maximum atomic E-state index is 12.6. The average Bonchev–Trinajstić information content (AvgIpc) is 3.20. The molecule has 1 aromatic heterocycles. The smallest absolute Gasteiger partial charge is 0.468 e. The molecule has 10 heteroatoms. The summed E-state index contributed by atoms with van der Waals surface area (Å²) in [6.45, 7) is 1.60. The Hall–Kier alpha value is -2.73. The van der Waals surface area contributed by atoms with Gasteiger partial charge in [0.05, 0.1) is 25.0 Å². The summed E-state index contributed by atoms with van der Waals surface area (Å²) in [4.78, 5) is 6.39. The molecule has 0 spiro atoms. The molecule has 172 valence electrons. The van der Waals surface area contributed by atoms with Crippen LogP contribution in [0, 0.1) is 0 Å². The van der Waals surface area contributed by atoms with Gasteiger partial charge in [-0.05, 0) is 42.4 Å². The third kappa shape index (κ3) is 8.08. The van der Waals surface area contributed by atoms with E-state index in [1.165, 1.54) is 18.2 Å². The predicted molar refractivity (Wildman–Crippen MR) is 128 cm³/mol. The molecule has 0 saturated carbocycles. The molecule has 1 heterocycles. The number of benzene rings is 2. The van der Waals surface area contributed by atoms with Gasteiger partial charge in [0.1, 0.15) is 5.76 Å². The number of alkyl halides is 3. The van der Waals surface area contributed by atoms with E-state index in [9.17, 15) is 13.2 Å². The van der Waals surface area contributed by atoms with Crippen LogP contribution in [0.5, 0.6) is 5.75 Å². The van der Waals surface area contributed by atoms with E-state index in [1.54, 1.807) is 12.3 Å². The summed E-state index contributed by atoms with van der Waals surface area (Å²) in [6.07, 6.45) is -3.16. The van der Waals surface area contributed by atoms with Crippen molar-refractivity contribution in [3.05, 3.63) is 83.8 Å². The molecule has 3 N–H and O–H groups in total. The fourth-order valence-corrected chi connectivity index (χ4v) is 3.01. The minimum Gasteiger partial charge on any atom is -0.468 e. The second kappa shape index (κ2) is 11.8. The summed E-state index contributed by atoms with van der Waals surface area (Å²) in [5.41, 5.74) is 8.00. The molecule has 0 radical (unpaired) electrons. The lowest BCUT2D eigenvalue weighted by atomic mass is 10.1. The number of para-hydroxylation sites is 2. The van der Waals surface area contributed by atoms with Gasteiger partial charge in [-0.15, -0.1) is 37.1 Å². The van der Waals surface area contributed by atoms with Gasteiger partial charge in [-0.25, -0.2) is 4.99 Å². The molecule has 2 aromatic carbocycles. The van der Waals surface area contributed by atoms with Crippen LogP contribution in [0.2, 0.25) is 0 Å². The third-order valence-electron chi connectivity index (χ3n) is 4.36. The van der Waals surface area contributed by atoms with E-state index >= 15 is 0 Å². The maximum absolute atomic E-state index is 12.6. The lowest BCUT2D eigenvalue weighted by Gasteiger charge is -2.17. The summed E-state index contributed by atoms with van der Waals surface area (Å²) in [7, 11) is 1.98. The topological polar surface area (TPSA) is 76.0 Å². The Kier molecular flexibility index (Phi) is 9.39. The number of nitrogens with two attached hydrogens (primary N) is 1. The molecule has 32 heavy (non-hydrogen) atoms. The van der Waals surface area contributed by atoms with E-state index in [0.29, 0.717) is 13.1 Å². The minimum absolute atomic E-state index is 0. The first-order chi connectivity index (χ1) is 14.8. The Bertz CT molecular complexity index is 1010. The first-order valence-corrected chi connectivity index (χ1v) is 9.49. The number of ether oxygens (including phenoxy) is 1.